The first-order valence-corrected chi connectivity index (χ1v) is 15.2. The fourth-order valence-electron chi connectivity index (χ4n) is 3.93. The Hall–Kier alpha value is -4.33. The van der Waals surface area contributed by atoms with Crippen LogP contribution in [0, 0.1) is 5.92 Å². The summed E-state index contributed by atoms with van der Waals surface area (Å²) in [5.74, 6) is -1.32. The topological polar surface area (TPSA) is 134 Å². The van der Waals surface area contributed by atoms with Gasteiger partial charge in [-0.05, 0) is 63.3 Å². The van der Waals surface area contributed by atoms with E-state index in [0.29, 0.717) is 42.7 Å². The molecule has 0 bridgehead atoms. The Labute approximate surface area is 273 Å². The number of alkyl carbamates (subject to hydrolysis) is 2. The van der Waals surface area contributed by atoms with E-state index in [1.165, 1.54) is 12.1 Å². The van der Waals surface area contributed by atoms with Crippen molar-refractivity contribution in [1.82, 2.24) is 10.6 Å². The summed E-state index contributed by atoms with van der Waals surface area (Å²) < 4.78 is 60.1. The molecule has 2 rings (SSSR count). The molecule has 0 saturated carbocycles. The molecule has 14 heteroatoms. The van der Waals surface area contributed by atoms with Crippen molar-refractivity contribution < 1.29 is 51.3 Å². The number of amides is 2. The smallest absolute Gasteiger partial charge is 0.416 e. The predicted octanol–water partition coefficient (Wildman–Crippen LogP) is 6.76. The number of rotatable bonds is 16. The molecule has 0 aliphatic rings. The van der Waals surface area contributed by atoms with Crippen LogP contribution in [0.2, 0.25) is 0 Å². The van der Waals surface area contributed by atoms with E-state index in [2.05, 4.69) is 15.8 Å². The Morgan fingerprint density at radius 3 is 2.11 bits per heavy atom. The molecule has 0 saturated heterocycles. The van der Waals surface area contributed by atoms with E-state index in [1.54, 1.807) is 72.1 Å². The zero-order valence-electron chi connectivity index (χ0n) is 27.5. The van der Waals surface area contributed by atoms with Crippen molar-refractivity contribution in [3.63, 3.8) is 0 Å². The lowest BCUT2D eigenvalue weighted by molar-refractivity contribution is -0.177. The summed E-state index contributed by atoms with van der Waals surface area (Å²) in [4.78, 5) is 43.6. The van der Waals surface area contributed by atoms with E-state index in [-0.39, 0.29) is 13.2 Å². The Kier molecular flexibility index (Phi) is 15.5. The van der Waals surface area contributed by atoms with E-state index >= 15 is 0 Å². The van der Waals surface area contributed by atoms with E-state index < -0.39 is 53.7 Å². The van der Waals surface area contributed by atoms with E-state index in [9.17, 15) is 27.6 Å². The molecule has 0 spiro atoms. The maximum Gasteiger partial charge on any atom is 0.416 e. The molecule has 47 heavy (non-hydrogen) atoms. The number of carbonyl (C=O) groups excluding carboxylic acids is 3. The van der Waals surface area contributed by atoms with Crippen LogP contribution in [0.15, 0.2) is 59.8 Å². The molecule has 2 unspecified atom stereocenters. The largest absolute Gasteiger partial charge is 0.444 e. The third-order valence-electron chi connectivity index (χ3n) is 6.22. The highest BCUT2D eigenvalue weighted by molar-refractivity contribution is 6.00. The maximum absolute atomic E-state index is 13.2. The molecule has 0 aliphatic carbocycles. The number of benzene rings is 2. The highest BCUT2D eigenvalue weighted by Gasteiger charge is 2.32. The minimum absolute atomic E-state index is 0.0437. The van der Waals surface area contributed by atoms with Gasteiger partial charge in [0.25, 0.3) is 6.29 Å². The first-order valence-electron chi connectivity index (χ1n) is 15.2. The van der Waals surface area contributed by atoms with E-state index in [1.807, 2.05) is 0 Å². The van der Waals surface area contributed by atoms with Gasteiger partial charge < -0.3 is 34.4 Å². The van der Waals surface area contributed by atoms with Crippen molar-refractivity contribution in [2.75, 3.05) is 26.9 Å². The highest BCUT2D eigenvalue weighted by Crippen LogP contribution is 2.29. The minimum atomic E-state index is -4.46. The molecule has 2 aromatic carbocycles. The zero-order valence-corrected chi connectivity index (χ0v) is 27.5. The van der Waals surface area contributed by atoms with Crippen molar-refractivity contribution in [2.24, 2.45) is 11.1 Å². The fraction of sp³-hybridized carbons (Fsp3) is 0.515. The molecule has 0 aromatic heterocycles. The second-order valence-electron chi connectivity index (χ2n) is 11.8. The third-order valence-corrected chi connectivity index (χ3v) is 6.22. The lowest BCUT2D eigenvalue weighted by Gasteiger charge is -2.26. The summed E-state index contributed by atoms with van der Waals surface area (Å²) in [6.07, 6.45) is -5.68. The molecule has 0 heterocycles. The summed E-state index contributed by atoms with van der Waals surface area (Å²) in [5, 5.41) is 9.08. The maximum atomic E-state index is 13.2. The van der Waals surface area contributed by atoms with Crippen LogP contribution in [-0.2, 0) is 34.8 Å². The number of hydrogen-bond donors (Lipinski definition) is 2. The molecule has 260 valence electrons. The number of oxime groups is 1. The Morgan fingerprint density at radius 1 is 0.872 bits per heavy atom. The van der Waals surface area contributed by atoms with Crippen molar-refractivity contribution in [3.05, 3.63) is 71.3 Å². The van der Waals surface area contributed by atoms with Gasteiger partial charge in [-0.15, -0.1) is 0 Å². The quantitative estimate of drug-likeness (QED) is 0.0660. The fourth-order valence-corrected chi connectivity index (χ4v) is 3.93. The summed E-state index contributed by atoms with van der Waals surface area (Å²) in [5.41, 5.74) is -0.234. The number of hydrogen-bond acceptors (Lipinski definition) is 9. The number of nitrogens with one attached hydrogen (secondary N) is 2. The first-order chi connectivity index (χ1) is 22.1. The summed E-state index contributed by atoms with van der Waals surface area (Å²) in [6, 6.07) is 11.8. The molecule has 11 nitrogen and oxygen atoms in total. The molecular formula is C33H44F3N3O8. The number of alkyl halides is 3. The van der Waals surface area contributed by atoms with Gasteiger partial charge in [-0.2, -0.15) is 13.2 Å². The Bertz CT molecular complexity index is 1300. The van der Waals surface area contributed by atoms with Gasteiger partial charge in [-0.25, -0.2) is 14.4 Å². The van der Waals surface area contributed by atoms with Crippen LogP contribution in [0.5, 0.6) is 0 Å². The Balaban J connectivity index is 1.98. The Morgan fingerprint density at radius 2 is 1.53 bits per heavy atom. The normalized spacial score (nSPS) is 13.4. The summed E-state index contributed by atoms with van der Waals surface area (Å²) >= 11 is 0. The van der Waals surface area contributed by atoms with Gasteiger partial charge in [-0.1, -0.05) is 61.5 Å². The van der Waals surface area contributed by atoms with Gasteiger partial charge in [0.15, 0.2) is 6.04 Å². The van der Waals surface area contributed by atoms with Crippen molar-refractivity contribution in [1.29, 1.82) is 0 Å². The lowest BCUT2D eigenvalue weighted by atomic mass is 10.0. The lowest BCUT2D eigenvalue weighted by Crippen LogP contribution is -2.41. The van der Waals surface area contributed by atoms with Crippen LogP contribution >= 0.6 is 0 Å². The molecule has 0 aliphatic heterocycles. The van der Waals surface area contributed by atoms with Gasteiger partial charge in [0.1, 0.15) is 12.2 Å². The highest BCUT2D eigenvalue weighted by atomic mass is 19.4. The number of ether oxygens (including phenoxy) is 4. The zero-order chi connectivity index (χ0) is 35.0. The number of unbranched alkanes of at least 4 members (excludes halogenated alkanes) is 1. The second kappa shape index (κ2) is 18.7. The van der Waals surface area contributed by atoms with Crippen LogP contribution < -0.4 is 10.6 Å². The van der Waals surface area contributed by atoms with Crippen molar-refractivity contribution >= 4 is 23.9 Å². The van der Waals surface area contributed by atoms with E-state index in [4.69, 9.17) is 23.8 Å². The number of methoxy groups -OCH3 is 1. The van der Waals surface area contributed by atoms with Crippen LogP contribution in [0.3, 0.4) is 0 Å². The molecule has 2 aromatic rings. The van der Waals surface area contributed by atoms with Gasteiger partial charge in [0, 0.05) is 19.6 Å². The van der Waals surface area contributed by atoms with Crippen LogP contribution in [-0.4, -0.2) is 62.6 Å². The molecule has 2 amide bonds. The number of halogens is 3. The number of esters is 1. The van der Waals surface area contributed by atoms with E-state index in [0.717, 1.165) is 12.1 Å². The number of carbonyl (C=O) groups is 3. The summed E-state index contributed by atoms with van der Waals surface area (Å²) in [7, 11) is 1.57. The van der Waals surface area contributed by atoms with Crippen molar-refractivity contribution in [3.8, 4) is 0 Å². The molecule has 2 atom stereocenters. The molecule has 2 N–H and O–H groups in total. The first kappa shape index (κ1) is 38.9. The molecule has 0 fully saturated rings. The van der Waals surface area contributed by atoms with Gasteiger partial charge in [0.05, 0.1) is 17.8 Å². The van der Waals surface area contributed by atoms with Gasteiger partial charge in [0.2, 0.25) is 0 Å². The third kappa shape index (κ3) is 14.8. The summed E-state index contributed by atoms with van der Waals surface area (Å²) in [6.45, 7) is 8.80. The van der Waals surface area contributed by atoms with Gasteiger partial charge in [-0.3, -0.25) is 0 Å². The molecular weight excluding hydrogens is 623 g/mol. The molecule has 0 radical (unpaired) electrons. The second-order valence-corrected chi connectivity index (χ2v) is 11.8. The predicted molar refractivity (Wildman–Crippen MR) is 167 cm³/mol. The van der Waals surface area contributed by atoms with Crippen molar-refractivity contribution in [2.45, 2.75) is 78.0 Å². The van der Waals surface area contributed by atoms with Crippen LogP contribution in [0.25, 0.3) is 0 Å². The number of nitrogens with zero attached hydrogens (tertiary/aromatic N) is 1. The van der Waals surface area contributed by atoms with Crippen LogP contribution in [0.4, 0.5) is 22.8 Å². The standard InChI is InChI=1S/C33H44F3N3O8/c1-22(2)29(45-28(40)27(24-12-8-7-9-13-24)38-31(42)47-32(3,4)5)46-30(41)37-19-21-44-39-26(14-10-11-20-43-6)23-15-17-25(18-16-23)33(34,35)36/h7-9,12-13,15-18,22,27,29H,10-11,14,19-21H2,1-6H3,(H,37,41)(H,38,42)/b39-26+. The van der Waals surface area contributed by atoms with Crippen LogP contribution in [0.1, 0.15) is 76.6 Å². The average Bonchev–Trinajstić information content (AvgIpc) is 2.99. The average molecular weight is 668 g/mol. The monoisotopic (exact) mass is 667 g/mol. The van der Waals surface area contributed by atoms with Gasteiger partial charge >= 0.3 is 24.3 Å². The minimum Gasteiger partial charge on any atom is -0.444 e. The SMILES string of the molecule is COCCCC/C(=N\OCCNC(=O)OC(OC(=O)C(NC(=O)OC(C)(C)C)c1ccccc1)C(C)C)c1ccc(C(F)(F)F)cc1.